The zero-order valence-corrected chi connectivity index (χ0v) is 23.6. The standard InChI is InChI=1S/C33H52O2/c1-7-10-11-12-13-14-15-16-17-18-19-27-20-25(8-2)21-28(31(27)34)24-29-22-26(9-3)23-30(32(29)35)33(4,5)6/h20-23,34-35H,7-19,24H2,1-6H3. The molecule has 0 saturated heterocycles. The van der Waals surface area contributed by atoms with Crippen molar-refractivity contribution in [2.45, 2.75) is 137 Å². The molecule has 2 N–H and O–H groups in total. The van der Waals surface area contributed by atoms with Gasteiger partial charge in [0.05, 0.1) is 0 Å². The Morgan fingerprint density at radius 1 is 0.571 bits per heavy atom. The molecule has 0 aliphatic carbocycles. The molecule has 0 bridgehead atoms. The van der Waals surface area contributed by atoms with Crippen LogP contribution in [0.25, 0.3) is 0 Å². The van der Waals surface area contributed by atoms with E-state index in [1.54, 1.807) is 0 Å². The average Bonchev–Trinajstić information content (AvgIpc) is 2.82. The quantitative estimate of drug-likeness (QED) is 0.249. The highest BCUT2D eigenvalue weighted by atomic mass is 16.3. The van der Waals surface area contributed by atoms with Crippen LogP contribution >= 0.6 is 0 Å². The summed E-state index contributed by atoms with van der Waals surface area (Å²) in [5.41, 5.74) is 6.29. The topological polar surface area (TPSA) is 40.5 Å². The molecule has 0 heterocycles. The highest BCUT2D eigenvalue weighted by Crippen LogP contribution is 2.37. The van der Waals surface area contributed by atoms with Gasteiger partial charge < -0.3 is 10.2 Å². The van der Waals surface area contributed by atoms with E-state index >= 15 is 0 Å². The Bertz CT molecular complexity index is 904. The van der Waals surface area contributed by atoms with Crippen LogP contribution in [0.4, 0.5) is 0 Å². The lowest BCUT2D eigenvalue weighted by Gasteiger charge is -2.24. The SMILES string of the molecule is CCCCCCCCCCCCc1cc(CC)cc(Cc2cc(CC)cc(C(C)(C)C)c2O)c1O. The van der Waals surface area contributed by atoms with Crippen LogP contribution in [0.3, 0.4) is 0 Å². The number of aryl methyl sites for hydroxylation is 3. The molecule has 0 saturated carbocycles. The molecule has 35 heavy (non-hydrogen) atoms. The average molecular weight is 481 g/mol. The maximum Gasteiger partial charge on any atom is 0.122 e. The molecular weight excluding hydrogens is 428 g/mol. The largest absolute Gasteiger partial charge is 0.507 e. The summed E-state index contributed by atoms with van der Waals surface area (Å²) >= 11 is 0. The summed E-state index contributed by atoms with van der Waals surface area (Å²) in [7, 11) is 0. The smallest absolute Gasteiger partial charge is 0.122 e. The molecule has 0 aliphatic heterocycles. The zero-order valence-electron chi connectivity index (χ0n) is 23.6. The van der Waals surface area contributed by atoms with E-state index in [1.165, 1.54) is 68.9 Å². The Hall–Kier alpha value is -1.96. The summed E-state index contributed by atoms with van der Waals surface area (Å²) in [6.07, 6.45) is 16.6. The Balaban J connectivity index is 2.06. The van der Waals surface area contributed by atoms with Gasteiger partial charge in [0.1, 0.15) is 11.5 Å². The Morgan fingerprint density at radius 3 is 1.54 bits per heavy atom. The molecule has 0 amide bonds. The third kappa shape index (κ3) is 9.21. The van der Waals surface area contributed by atoms with Crippen LogP contribution in [0.5, 0.6) is 11.5 Å². The lowest BCUT2D eigenvalue weighted by Crippen LogP contribution is -2.13. The highest BCUT2D eigenvalue weighted by Gasteiger charge is 2.22. The summed E-state index contributed by atoms with van der Waals surface area (Å²) in [4.78, 5) is 0. The third-order valence-electron chi connectivity index (χ3n) is 7.38. The van der Waals surface area contributed by atoms with E-state index in [1.807, 2.05) is 0 Å². The van der Waals surface area contributed by atoms with E-state index in [0.717, 1.165) is 47.9 Å². The van der Waals surface area contributed by atoms with Gasteiger partial charge in [0.2, 0.25) is 0 Å². The third-order valence-corrected chi connectivity index (χ3v) is 7.38. The van der Waals surface area contributed by atoms with Crippen LogP contribution in [-0.4, -0.2) is 10.2 Å². The Morgan fingerprint density at radius 2 is 1.03 bits per heavy atom. The fraction of sp³-hybridized carbons (Fsp3) is 0.636. The van der Waals surface area contributed by atoms with Crippen molar-refractivity contribution < 1.29 is 10.2 Å². The second kappa shape index (κ2) is 14.6. The summed E-state index contributed by atoms with van der Waals surface area (Å²) in [5.74, 6) is 0.809. The van der Waals surface area contributed by atoms with Gasteiger partial charge in [-0.1, -0.05) is 124 Å². The van der Waals surface area contributed by atoms with Crippen molar-refractivity contribution in [3.05, 3.63) is 57.6 Å². The van der Waals surface area contributed by atoms with E-state index in [0.29, 0.717) is 17.9 Å². The van der Waals surface area contributed by atoms with Gasteiger partial charge in [-0.05, 0) is 64.5 Å². The number of phenolic OH excluding ortho intramolecular Hbond substituents is 2. The van der Waals surface area contributed by atoms with Crippen LogP contribution in [0.1, 0.15) is 139 Å². The highest BCUT2D eigenvalue weighted by molar-refractivity contribution is 5.52. The molecule has 2 nitrogen and oxygen atoms in total. The van der Waals surface area contributed by atoms with Gasteiger partial charge in [0, 0.05) is 6.42 Å². The van der Waals surface area contributed by atoms with Crippen LogP contribution in [0.2, 0.25) is 0 Å². The van der Waals surface area contributed by atoms with E-state index in [4.69, 9.17) is 0 Å². The molecule has 2 rings (SSSR count). The van der Waals surface area contributed by atoms with Crippen molar-refractivity contribution >= 4 is 0 Å². The minimum absolute atomic E-state index is 0.127. The minimum Gasteiger partial charge on any atom is -0.507 e. The van der Waals surface area contributed by atoms with E-state index in [9.17, 15) is 10.2 Å². The van der Waals surface area contributed by atoms with Gasteiger partial charge in [-0.25, -0.2) is 0 Å². The monoisotopic (exact) mass is 480 g/mol. The lowest BCUT2D eigenvalue weighted by atomic mass is 9.82. The van der Waals surface area contributed by atoms with Crippen molar-refractivity contribution in [1.82, 2.24) is 0 Å². The molecule has 0 radical (unpaired) electrons. The van der Waals surface area contributed by atoms with Crippen molar-refractivity contribution in [2.75, 3.05) is 0 Å². The van der Waals surface area contributed by atoms with Gasteiger partial charge >= 0.3 is 0 Å². The molecule has 0 unspecified atom stereocenters. The Labute approximate surface area is 216 Å². The summed E-state index contributed by atoms with van der Waals surface area (Å²) in [6.45, 7) is 13.0. The summed E-state index contributed by atoms with van der Waals surface area (Å²) in [6, 6.07) is 8.57. The van der Waals surface area contributed by atoms with Gasteiger partial charge in [0.15, 0.2) is 0 Å². The van der Waals surface area contributed by atoms with E-state index in [-0.39, 0.29) is 5.41 Å². The summed E-state index contributed by atoms with van der Waals surface area (Å²) < 4.78 is 0. The maximum atomic E-state index is 11.2. The number of phenols is 2. The van der Waals surface area contributed by atoms with Crippen molar-refractivity contribution in [1.29, 1.82) is 0 Å². The second-order valence-corrected chi connectivity index (χ2v) is 11.5. The molecule has 0 atom stereocenters. The fourth-order valence-corrected chi connectivity index (χ4v) is 5.04. The van der Waals surface area contributed by atoms with Crippen LogP contribution in [0.15, 0.2) is 24.3 Å². The molecule has 196 valence electrons. The van der Waals surface area contributed by atoms with Crippen molar-refractivity contribution in [2.24, 2.45) is 0 Å². The maximum absolute atomic E-state index is 11.2. The van der Waals surface area contributed by atoms with Crippen LogP contribution < -0.4 is 0 Å². The van der Waals surface area contributed by atoms with Crippen LogP contribution in [0, 0.1) is 0 Å². The molecule has 0 fully saturated rings. The van der Waals surface area contributed by atoms with E-state index in [2.05, 4.69) is 65.8 Å². The first-order valence-electron chi connectivity index (χ1n) is 14.4. The molecular formula is C33H52O2. The van der Waals surface area contributed by atoms with Gasteiger partial charge in [-0.3, -0.25) is 0 Å². The molecule has 0 aliphatic rings. The second-order valence-electron chi connectivity index (χ2n) is 11.5. The van der Waals surface area contributed by atoms with E-state index < -0.39 is 0 Å². The molecule has 2 aromatic rings. The minimum atomic E-state index is -0.127. The van der Waals surface area contributed by atoms with Gasteiger partial charge in [0.25, 0.3) is 0 Å². The molecule has 2 aromatic carbocycles. The fourth-order valence-electron chi connectivity index (χ4n) is 5.04. The van der Waals surface area contributed by atoms with Crippen molar-refractivity contribution in [3.63, 3.8) is 0 Å². The number of benzene rings is 2. The predicted molar refractivity (Wildman–Crippen MR) is 152 cm³/mol. The number of unbranched alkanes of at least 4 members (excludes halogenated alkanes) is 9. The van der Waals surface area contributed by atoms with Crippen LogP contribution in [-0.2, 0) is 31.1 Å². The first-order chi connectivity index (χ1) is 16.7. The molecule has 0 aromatic heterocycles. The first-order valence-corrected chi connectivity index (χ1v) is 14.4. The normalized spacial score (nSPS) is 11.8. The zero-order chi connectivity index (χ0) is 25.8. The molecule has 0 spiro atoms. The van der Waals surface area contributed by atoms with Crippen molar-refractivity contribution in [3.8, 4) is 11.5 Å². The number of hydrogen-bond acceptors (Lipinski definition) is 2. The Kier molecular flexibility index (Phi) is 12.2. The first kappa shape index (κ1) is 29.3. The van der Waals surface area contributed by atoms with Gasteiger partial charge in [-0.2, -0.15) is 0 Å². The summed E-state index contributed by atoms with van der Waals surface area (Å²) in [5, 5.41) is 22.3. The number of rotatable bonds is 15. The lowest BCUT2D eigenvalue weighted by molar-refractivity contribution is 0.439. The van der Waals surface area contributed by atoms with Gasteiger partial charge in [-0.15, -0.1) is 0 Å². The molecule has 2 heteroatoms. The number of hydrogen-bond donors (Lipinski definition) is 2. The predicted octanol–water partition coefficient (Wildman–Crippen LogP) is 9.57. The number of aromatic hydroxyl groups is 2.